The van der Waals surface area contributed by atoms with E-state index in [-0.39, 0.29) is 19.1 Å². The average molecular weight is 187 g/mol. The van der Waals surface area contributed by atoms with Gasteiger partial charge in [-0.2, -0.15) is 0 Å². The lowest BCUT2D eigenvalue weighted by Crippen LogP contribution is -2.37. The number of hydrogen-bond acceptors (Lipinski definition) is 3. The van der Waals surface area contributed by atoms with Crippen LogP contribution in [0.4, 0.5) is 0 Å². The first-order chi connectivity index (χ1) is 6.15. The number of nitrogens with zero attached hydrogens (tertiary/aromatic N) is 1. The smallest absolute Gasteiger partial charge is 0.304 e. The topological polar surface area (TPSA) is 60.8 Å². The summed E-state index contributed by atoms with van der Waals surface area (Å²) in [4.78, 5) is 12.5. The Morgan fingerprint density at radius 2 is 2.23 bits per heavy atom. The molecule has 4 nitrogen and oxygen atoms in total. The molecule has 4 heteroatoms. The third-order valence-electron chi connectivity index (χ3n) is 2.57. The zero-order valence-electron chi connectivity index (χ0n) is 7.94. The summed E-state index contributed by atoms with van der Waals surface area (Å²) in [5.74, 6) is -0.214. The lowest BCUT2D eigenvalue weighted by Gasteiger charge is -2.25. The SMILES string of the molecule is CN(CCO)C(CC(=O)O)C1CC1. The van der Waals surface area contributed by atoms with E-state index in [1.165, 1.54) is 0 Å². The van der Waals surface area contributed by atoms with E-state index < -0.39 is 5.97 Å². The van der Waals surface area contributed by atoms with Crippen molar-refractivity contribution in [3.8, 4) is 0 Å². The highest BCUT2D eigenvalue weighted by molar-refractivity contribution is 5.67. The summed E-state index contributed by atoms with van der Waals surface area (Å²) in [6.45, 7) is 0.661. The van der Waals surface area contributed by atoms with Crippen LogP contribution in [0.5, 0.6) is 0 Å². The Morgan fingerprint density at radius 3 is 2.62 bits per heavy atom. The Hall–Kier alpha value is -0.610. The van der Waals surface area contributed by atoms with E-state index in [1.807, 2.05) is 11.9 Å². The van der Waals surface area contributed by atoms with Crippen molar-refractivity contribution < 1.29 is 15.0 Å². The second-order valence-electron chi connectivity index (χ2n) is 3.71. The molecule has 1 unspecified atom stereocenters. The fourth-order valence-electron chi connectivity index (χ4n) is 1.67. The molecule has 0 bridgehead atoms. The minimum Gasteiger partial charge on any atom is -0.481 e. The van der Waals surface area contributed by atoms with E-state index in [2.05, 4.69) is 0 Å². The van der Waals surface area contributed by atoms with Gasteiger partial charge in [0, 0.05) is 12.6 Å². The summed E-state index contributed by atoms with van der Waals surface area (Å²) in [6.07, 6.45) is 2.46. The Balaban J connectivity index is 2.40. The predicted molar refractivity (Wildman–Crippen MR) is 48.5 cm³/mol. The standard InChI is InChI=1S/C9H17NO3/c1-10(4-5-11)8(6-9(12)13)7-2-3-7/h7-8,11H,2-6H2,1H3,(H,12,13). The molecule has 0 radical (unpaired) electrons. The van der Waals surface area contributed by atoms with Gasteiger partial charge < -0.3 is 15.1 Å². The second-order valence-corrected chi connectivity index (χ2v) is 3.71. The van der Waals surface area contributed by atoms with E-state index in [0.717, 1.165) is 12.8 Å². The maximum Gasteiger partial charge on any atom is 0.304 e. The normalized spacial score (nSPS) is 19.0. The number of rotatable bonds is 6. The molecule has 0 saturated heterocycles. The van der Waals surface area contributed by atoms with E-state index in [0.29, 0.717) is 12.5 Å². The molecular weight excluding hydrogens is 170 g/mol. The molecule has 0 aliphatic heterocycles. The van der Waals surface area contributed by atoms with Crippen LogP contribution in [0.1, 0.15) is 19.3 Å². The zero-order valence-corrected chi connectivity index (χ0v) is 7.94. The van der Waals surface area contributed by atoms with Gasteiger partial charge in [-0.15, -0.1) is 0 Å². The quantitative estimate of drug-likeness (QED) is 0.622. The van der Waals surface area contributed by atoms with E-state index >= 15 is 0 Å². The minimum absolute atomic E-state index is 0.0966. The van der Waals surface area contributed by atoms with E-state index in [9.17, 15) is 4.79 Å². The molecule has 1 aliphatic rings. The first-order valence-electron chi connectivity index (χ1n) is 4.68. The molecule has 76 valence electrons. The largest absolute Gasteiger partial charge is 0.481 e. The van der Waals surface area contributed by atoms with Gasteiger partial charge in [-0.1, -0.05) is 0 Å². The monoisotopic (exact) mass is 187 g/mol. The third kappa shape index (κ3) is 3.32. The summed E-state index contributed by atoms with van der Waals surface area (Å²) in [7, 11) is 1.88. The molecule has 2 N–H and O–H groups in total. The Kier molecular flexibility index (Phi) is 3.69. The van der Waals surface area contributed by atoms with Crippen LogP contribution in [0.15, 0.2) is 0 Å². The van der Waals surface area contributed by atoms with Crippen molar-refractivity contribution in [1.29, 1.82) is 0 Å². The first kappa shape index (κ1) is 10.5. The lowest BCUT2D eigenvalue weighted by atomic mass is 10.1. The van der Waals surface area contributed by atoms with Crippen molar-refractivity contribution in [1.82, 2.24) is 4.90 Å². The molecule has 1 saturated carbocycles. The van der Waals surface area contributed by atoms with Crippen LogP contribution < -0.4 is 0 Å². The molecule has 1 atom stereocenters. The van der Waals surface area contributed by atoms with Gasteiger partial charge in [0.25, 0.3) is 0 Å². The Bertz CT molecular complexity index is 180. The van der Waals surface area contributed by atoms with Crippen LogP contribution in [0.25, 0.3) is 0 Å². The number of aliphatic hydroxyl groups excluding tert-OH is 1. The number of aliphatic carboxylic acids is 1. The van der Waals surface area contributed by atoms with Crippen molar-refractivity contribution in [2.75, 3.05) is 20.2 Å². The van der Waals surface area contributed by atoms with Crippen LogP contribution in [-0.4, -0.2) is 47.3 Å². The van der Waals surface area contributed by atoms with Gasteiger partial charge in [0.1, 0.15) is 0 Å². The second kappa shape index (κ2) is 4.58. The Morgan fingerprint density at radius 1 is 1.62 bits per heavy atom. The van der Waals surface area contributed by atoms with Gasteiger partial charge in [-0.3, -0.25) is 4.79 Å². The zero-order chi connectivity index (χ0) is 9.84. The minimum atomic E-state index is -0.748. The van der Waals surface area contributed by atoms with Crippen molar-refractivity contribution in [2.45, 2.75) is 25.3 Å². The number of aliphatic hydroxyl groups is 1. The molecule has 1 rings (SSSR count). The number of carboxylic acids is 1. The number of carbonyl (C=O) groups is 1. The lowest BCUT2D eigenvalue weighted by molar-refractivity contribution is -0.138. The summed E-state index contributed by atoms with van der Waals surface area (Å²) in [5.41, 5.74) is 0. The molecule has 0 aromatic heterocycles. The van der Waals surface area contributed by atoms with Crippen LogP contribution >= 0.6 is 0 Å². The van der Waals surface area contributed by atoms with Gasteiger partial charge >= 0.3 is 5.97 Å². The van der Waals surface area contributed by atoms with Crippen molar-refractivity contribution in [3.63, 3.8) is 0 Å². The summed E-state index contributed by atoms with van der Waals surface area (Å²) < 4.78 is 0. The third-order valence-corrected chi connectivity index (χ3v) is 2.57. The van der Waals surface area contributed by atoms with Gasteiger partial charge in [-0.25, -0.2) is 0 Å². The molecule has 13 heavy (non-hydrogen) atoms. The highest BCUT2D eigenvalue weighted by Gasteiger charge is 2.34. The van der Waals surface area contributed by atoms with Crippen molar-refractivity contribution in [2.24, 2.45) is 5.92 Å². The van der Waals surface area contributed by atoms with Crippen LogP contribution in [-0.2, 0) is 4.79 Å². The molecule has 1 aliphatic carbocycles. The molecule has 0 heterocycles. The average Bonchev–Trinajstić information content (AvgIpc) is 2.82. The fourth-order valence-corrected chi connectivity index (χ4v) is 1.67. The molecule has 0 amide bonds. The Labute approximate surface area is 78.2 Å². The number of hydrogen-bond donors (Lipinski definition) is 2. The van der Waals surface area contributed by atoms with Crippen molar-refractivity contribution in [3.05, 3.63) is 0 Å². The summed E-state index contributed by atoms with van der Waals surface area (Å²) >= 11 is 0. The van der Waals surface area contributed by atoms with Crippen molar-refractivity contribution >= 4 is 5.97 Å². The first-order valence-corrected chi connectivity index (χ1v) is 4.68. The van der Waals surface area contributed by atoms with Gasteiger partial charge in [0.15, 0.2) is 0 Å². The highest BCUT2D eigenvalue weighted by Crippen LogP contribution is 2.36. The maximum absolute atomic E-state index is 10.6. The van der Waals surface area contributed by atoms with Gasteiger partial charge in [-0.05, 0) is 25.8 Å². The highest BCUT2D eigenvalue weighted by atomic mass is 16.4. The predicted octanol–water partition coefficient (Wildman–Crippen LogP) is 0.164. The number of carboxylic acid groups (broad SMARTS) is 1. The molecular formula is C9H17NO3. The van der Waals surface area contributed by atoms with Gasteiger partial charge in [0.2, 0.25) is 0 Å². The number of likely N-dealkylation sites (N-methyl/N-ethyl adjacent to an activating group) is 1. The van der Waals surface area contributed by atoms with Crippen LogP contribution in [0.2, 0.25) is 0 Å². The van der Waals surface area contributed by atoms with Crippen LogP contribution in [0, 0.1) is 5.92 Å². The maximum atomic E-state index is 10.6. The molecule has 1 fully saturated rings. The molecule has 0 aromatic carbocycles. The van der Waals surface area contributed by atoms with E-state index in [1.54, 1.807) is 0 Å². The summed E-state index contributed by atoms with van der Waals surface area (Å²) in [6, 6.07) is 0.115. The summed E-state index contributed by atoms with van der Waals surface area (Å²) in [5, 5.41) is 17.4. The fraction of sp³-hybridized carbons (Fsp3) is 0.889. The molecule has 0 aromatic rings. The van der Waals surface area contributed by atoms with Crippen LogP contribution in [0.3, 0.4) is 0 Å². The molecule has 0 spiro atoms. The van der Waals surface area contributed by atoms with E-state index in [4.69, 9.17) is 10.2 Å². The van der Waals surface area contributed by atoms with Gasteiger partial charge in [0.05, 0.1) is 13.0 Å².